The van der Waals surface area contributed by atoms with Crippen molar-refractivity contribution < 1.29 is 9.18 Å². The molecule has 0 aromatic carbocycles. The molecule has 100 valence electrons. The van der Waals surface area contributed by atoms with Gasteiger partial charge in [-0.1, -0.05) is 33.8 Å². The molecule has 1 aromatic rings. The third kappa shape index (κ3) is 2.79. The summed E-state index contributed by atoms with van der Waals surface area (Å²) in [7, 11) is 0. The Bertz CT molecular complexity index is 576. The summed E-state index contributed by atoms with van der Waals surface area (Å²) in [6, 6.07) is 1.69. The molecule has 0 radical (unpaired) electrons. The van der Waals surface area contributed by atoms with Crippen molar-refractivity contribution in [1.29, 1.82) is 0 Å². The van der Waals surface area contributed by atoms with Gasteiger partial charge < -0.3 is 0 Å². The second-order valence-corrected chi connectivity index (χ2v) is 6.26. The lowest BCUT2D eigenvalue weighted by Crippen LogP contribution is -2.33. The van der Waals surface area contributed by atoms with E-state index in [9.17, 15) is 9.18 Å². The van der Waals surface area contributed by atoms with E-state index in [0.29, 0.717) is 10.9 Å². The summed E-state index contributed by atoms with van der Waals surface area (Å²) in [4.78, 5) is 20.2. The largest absolute Gasteiger partial charge is 0.299 e. The minimum absolute atomic E-state index is 0.0545. The minimum Gasteiger partial charge on any atom is -0.299 e. The Balaban J connectivity index is 2.53. The molecular formula is C13H12BrFN2OS. The van der Waals surface area contributed by atoms with Crippen LogP contribution in [-0.2, 0) is 9.12 Å². The lowest BCUT2D eigenvalue weighted by atomic mass is 9.83. The highest BCUT2D eigenvalue weighted by Gasteiger charge is 2.41. The average Bonchev–Trinajstić information content (AvgIpc) is 2.38. The third-order valence-corrected chi connectivity index (χ3v) is 4.59. The van der Waals surface area contributed by atoms with Crippen LogP contribution in [0.2, 0.25) is 0 Å². The Labute approximate surface area is 123 Å². The first kappa shape index (κ1) is 14.4. The number of aromatic nitrogens is 2. The van der Waals surface area contributed by atoms with Crippen molar-refractivity contribution in [2.24, 2.45) is 5.92 Å². The number of rotatable bonds is 3. The highest BCUT2D eigenvalue weighted by molar-refractivity contribution is 9.09. The van der Waals surface area contributed by atoms with Gasteiger partial charge in [-0.3, -0.25) is 4.79 Å². The zero-order chi connectivity index (χ0) is 14.0. The van der Waals surface area contributed by atoms with Crippen LogP contribution in [0.4, 0.5) is 4.39 Å². The quantitative estimate of drug-likeness (QED) is 0.479. The van der Waals surface area contributed by atoms with Crippen LogP contribution in [0, 0.1) is 5.92 Å². The number of thioether (sulfide) groups is 1. The van der Waals surface area contributed by atoms with E-state index >= 15 is 0 Å². The Hall–Kier alpha value is -1.01. The number of Topliss-reactive ketones (excluding diaryl/α,β-unsaturated/α-hetero) is 1. The lowest BCUT2D eigenvalue weighted by molar-refractivity contribution is -0.120. The molecule has 1 heterocycles. The normalized spacial score (nSPS) is 26.1. The first-order valence-electron chi connectivity index (χ1n) is 5.61. The third-order valence-electron chi connectivity index (χ3n) is 2.90. The Morgan fingerprint density at radius 2 is 2.32 bits per heavy atom. The summed E-state index contributed by atoms with van der Waals surface area (Å²) in [5.74, 6) is -0.934. The zero-order valence-electron chi connectivity index (χ0n) is 10.4. The Kier molecular flexibility index (Phi) is 4.20. The first-order chi connectivity index (χ1) is 8.97. The number of hydrogen-bond acceptors (Lipinski definition) is 4. The molecule has 0 fully saturated rings. The van der Waals surface area contributed by atoms with Crippen molar-refractivity contribution >= 4 is 33.5 Å². The van der Waals surface area contributed by atoms with Gasteiger partial charge in [0, 0.05) is 6.20 Å². The Morgan fingerprint density at radius 3 is 2.95 bits per heavy atom. The number of halogens is 2. The van der Waals surface area contributed by atoms with Crippen LogP contribution < -0.4 is 0 Å². The van der Waals surface area contributed by atoms with Crippen LogP contribution in [0.15, 0.2) is 41.5 Å². The van der Waals surface area contributed by atoms with Gasteiger partial charge in [-0.25, -0.2) is 14.4 Å². The lowest BCUT2D eigenvalue weighted by Gasteiger charge is -2.31. The standard InChI is InChI=1S/C13H12BrFN2OS/c1-8(18)10-4-3-9(15)7-13(10,14)11-5-6-16-12(17-11)19-2/h3-7,10H,1-2H3. The van der Waals surface area contributed by atoms with Gasteiger partial charge in [-0.15, -0.1) is 0 Å². The van der Waals surface area contributed by atoms with E-state index in [-0.39, 0.29) is 5.78 Å². The molecule has 1 aromatic heterocycles. The second-order valence-electron chi connectivity index (χ2n) is 4.17. The van der Waals surface area contributed by atoms with Gasteiger partial charge in [0.05, 0.1) is 11.6 Å². The van der Waals surface area contributed by atoms with E-state index in [1.54, 1.807) is 18.3 Å². The van der Waals surface area contributed by atoms with Gasteiger partial charge in [0.25, 0.3) is 0 Å². The number of hydrogen-bond donors (Lipinski definition) is 0. The molecule has 0 saturated carbocycles. The summed E-state index contributed by atoms with van der Waals surface area (Å²) in [6.45, 7) is 1.48. The number of carbonyl (C=O) groups excluding carboxylic acids is 1. The fourth-order valence-corrected chi connectivity index (χ4v) is 3.25. The van der Waals surface area contributed by atoms with Gasteiger partial charge >= 0.3 is 0 Å². The summed E-state index contributed by atoms with van der Waals surface area (Å²) >= 11 is 4.88. The van der Waals surface area contributed by atoms with Crippen molar-refractivity contribution in [1.82, 2.24) is 9.97 Å². The maximum Gasteiger partial charge on any atom is 0.187 e. The fraction of sp³-hybridized carbons (Fsp3) is 0.308. The van der Waals surface area contributed by atoms with Gasteiger partial charge in [-0.2, -0.15) is 0 Å². The smallest absolute Gasteiger partial charge is 0.187 e. The van der Waals surface area contributed by atoms with Gasteiger partial charge in [-0.05, 0) is 31.4 Å². The van der Waals surface area contributed by atoms with Crippen LogP contribution in [0.5, 0.6) is 0 Å². The van der Waals surface area contributed by atoms with Gasteiger partial charge in [0.1, 0.15) is 15.9 Å². The average molecular weight is 343 g/mol. The first-order valence-corrected chi connectivity index (χ1v) is 7.62. The molecule has 3 nitrogen and oxygen atoms in total. The van der Waals surface area contributed by atoms with Crippen molar-refractivity contribution in [2.75, 3.05) is 6.26 Å². The monoisotopic (exact) mass is 342 g/mol. The molecule has 0 aliphatic heterocycles. The van der Waals surface area contributed by atoms with E-state index in [4.69, 9.17) is 0 Å². The molecule has 0 N–H and O–H groups in total. The highest BCUT2D eigenvalue weighted by Crippen LogP contribution is 2.44. The fourth-order valence-electron chi connectivity index (χ4n) is 1.98. The molecule has 0 amide bonds. The predicted octanol–water partition coefficient (Wildman–Crippen LogP) is 3.42. The molecule has 6 heteroatoms. The highest BCUT2D eigenvalue weighted by atomic mass is 79.9. The molecule has 1 aliphatic carbocycles. The molecule has 2 unspecified atom stereocenters. The van der Waals surface area contributed by atoms with Crippen molar-refractivity contribution in [3.05, 3.63) is 42.0 Å². The number of carbonyl (C=O) groups is 1. The van der Waals surface area contributed by atoms with Crippen molar-refractivity contribution in [3.8, 4) is 0 Å². The number of allylic oxidation sites excluding steroid dienone is 4. The SMILES string of the molecule is CSc1nccc(C2(Br)C=C(F)C=CC2C(C)=O)n1. The summed E-state index contributed by atoms with van der Waals surface area (Å²) in [5.41, 5.74) is 0.576. The molecule has 0 saturated heterocycles. The van der Waals surface area contributed by atoms with Crippen LogP contribution in [0.3, 0.4) is 0 Å². The van der Waals surface area contributed by atoms with E-state index in [0.717, 1.165) is 0 Å². The van der Waals surface area contributed by atoms with E-state index in [1.165, 1.54) is 30.8 Å². The van der Waals surface area contributed by atoms with Crippen LogP contribution >= 0.6 is 27.7 Å². The van der Waals surface area contributed by atoms with E-state index in [2.05, 4.69) is 25.9 Å². The summed E-state index contributed by atoms with van der Waals surface area (Å²) < 4.78 is 12.6. The topological polar surface area (TPSA) is 42.9 Å². The Morgan fingerprint density at radius 1 is 1.58 bits per heavy atom. The van der Waals surface area contributed by atoms with Crippen molar-refractivity contribution in [2.45, 2.75) is 16.4 Å². The predicted molar refractivity (Wildman–Crippen MR) is 76.9 cm³/mol. The molecule has 2 atom stereocenters. The number of nitrogens with zero attached hydrogens (tertiary/aromatic N) is 2. The molecule has 1 aliphatic rings. The van der Waals surface area contributed by atoms with Gasteiger partial charge in [0.15, 0.2) is 5.16 Å². The van der Waals surface area contributed by atoms with Crippen LogP contribution in [-0.4, -0.2) is 22.0 Å². The molecular weight excluding hydrogens is 331 g/mol. The molecule has 0 spiro atoms. The molecule has 0 bridgehead atoms. The van der Waals surface area contributed by atoms with Crippen molar-refractivity contribution in [3.63, 3.8) is 0 Å². The summed E-state index contributed by atoms with van der Waals surface area (Å²) in [6.07, 6.45) is 7.72. The van der Waals surface area contributed by atoms with E-state index in [1.807, 2.05) is 6.26 Å². The molecule has 2 rings (SSSR count). The second kappa shape index (κ2) is 5.54. The number of ketones is 1. The number of alkyl halides is 1. The maximum absolute atomic E-state index is 13.6. The van der Waals surface area contributed by atoms with Crippen LogP contribution in [0.25, 0.3) is 0 Å². The van der Waals surface area contributed by atoms with E-state index < -0.39 is 16.1 Å². The maximum atomic E-state index is 13.6. The van der Waals surface area contributed by atoms with Gasteiger partial charge in [0.2, 0.25) is 0 Å². The molecule has 19 heavy (non-hydrogen) atoms. The minimum atomic E-state index is -0.953. The summed E-state index contributed by atoms with van der Waals surface area (Å²) in [5, 5.41) is 0.585. The zero-order valence-corrected chi connectivity index (χ0v) is 12.8. The van der Waals surface area contributed by atoms with Crippen LogP contribution in [0.1, 0.15) is 12.6 Å².